The molecule has 0 amide bonds. The lowest BCUT2D eigenvalue weighted by Crippen LogP contribution is -2.56. The van der Waals surface area contributed by atoms with Gasteiger partial charge in [0.05, 0.1) is 29.8 Å². The van der Waals surface area contributed by atoms with Gasteiger partial charge in [0.2, 0.25) is 10.0 Å². The average molecular weight is 393 g/mol. The van der Waals surface area contributed by atoms with E-state index in [0.29, 0.717) is 17.9 Å². The van der Waals surface area contributed by atoms with E-state index in [9.17, 15) is 12.8 Å². The number of nitrogens with zero attached hydrogens (tertiary/aromatic N) is 1. The summed E-state index contributed by atoms with van der Waals surface area (Å²) in [6.07, 6.45) is -0.656. The van der Waals surface area contributed by atoms with E-state index in [1.165, 1.54) is 22.5 Å². The molecule has 5 nitrogen and oxygen atoms in total. The second-order valence-electron chi connectivity index (χ2n) is 7.07. The molecule has 1 atom stereocenters. The molecule has 0 saturated carbocycles. The Morgan fingerprint density at radius 2 is 1.85 bits per heavy atom. The largest absolute Gasteiger partial charge is 0.494 e. The fraction of sp³-hybridized carbons (Fsp3) is 0.400. The van der Waals surface area contributed by atoms with Crippen molar-refractivity contribution < 1.29 is 22.3 Å². The summed E-state index contributed by atoms with van der Waals surface area (Å²) in [5.41, 5.74) is -0.390. The van der Waals surface area contributed by atoms with Crippen LogP contribution in [0.5, 0.6) is 5.75 Å². The number of hydrogen-bond donors (Lipinski definition) is 0. The molecule has 1 fully saturated rings. The van der Waals surface area contributed by atoms with Gasteiger partial charge in [0.15, 0.2) is 0 Å². The highest BCUT2D eigenvalue weighted by molar-refractivity contribution is 7.89. The smallest absolute Gasteiger partial charge is 0.243 e. The number of sulfonamides is 1. The fourth-order valence-corrected chi connectivity index (χ4v) is 4.95. The molecule has 0 aliphatic carbocycles. The average Bonchev–Trinajstić information content (AvgIpc) is 2.63. The molecule has 0 spiro atoms. The summed E-state index contributed by atoms with van der Waals surface area (Å²) in [6.45, 7) is 6.19. The van der Waals surface area contributed by atoms with Crippen LogP contribution < -0.4 is 4.74 Å². The number of ether oxygens (including phenoxy) is 2. The summed E-state index contributed by atoms with van der Waals surface area (Å²) in [7, 11) is -3.78. The highest BCUT2D eigenvalue weighted by atomic mass is 32.2. The highest BCUT2D eigenvalue weighted by Crippen LogP contribution is 2.35. The second-order valence-corrected chi connectivity index (χ2v) is 8.94. The molecule has 1 saturated heterocycles. The molecular weight excluding hydrogens is 369 g/mol. The molecule has 2 aromatic rings. The third-order valence-corrected chi connectivity index (χ3v) is 6.71. The van der Waals surface area contributed by atoms with Crippen molar-refractivity contribution in [2.45, 2.75) is 37.3 Å². The fourth-order valence-electron chi connectivity index (χ4n) is 3.18. The Balaban J connectivity index is 1.92. The van der Waals surface area contributed by atoms with Crippen LogP contribution >= 0.6 is 0 Å². The van der Waals surface area contributed by atoms with E-state index < -0.39 is 27.5 Å². The predicted molar refractivity (Wildman–Crippen MR) is 101 cm³/mol. The maximum absolute atomic E-state index is 14.2. The molecule has 2 aromatic carbocycles. The molecule has 0 bridgehead atoms. The van der Waals surface area contributed by atoms with Crippen LogP contribution in [0.3, 0.4) is 0 Å². The number of benzene rings is 2. The van der Waals surface area contributed by atoms with Gasteiger partial charge in [0.1, 0.15) is 11.6 Å². The zero-order chi connectivity index (χ0) is 19.7. The van der Waals surface area contributed by atoms with Gasteiger partial charge in [-0.25, -0.2) is 12.8 Å². The molecule has 1 unspecified atom stereocenters. The van der Waals surface area contributed by atoms with Crippen LogP contribution in [-0.4, -0.2) is 38.0 Å². The van der Waals surface area contributed by atoms with Gasteiger partial charge in [-0.1, -0.05) is 18.2 Å². The summed E-state index contributed by atoms with van der Waals surface area (Å²) in [6, 6.07) is 12.6. The van der Waals surface area contributed by atoms with Crippen molar-refractivity contribution >= 4 is 10.0 Å². The van der Waals surface area contributed by atoms with Crippen molar-refractivity contribution in [3.05, 3.63) is 59.9 Å². The molecule has 3 rings (SSSR count). The first-order valence-electron chi connectivity index (χ1n) is 8.87. The van der Waals surface area contributed by atoms with E-state index in [2.05, 4.69) is 0 Å². The molecule has 1 aliphatic heterocycles. The minimum atomic E-state index is -3.78. The Kier molecular flexibility index (Phi) is 5.55. The van der Waals surface area contributed by atoms with Gasteiger partial charge in [-0.2, -0.15) is 4.31 Å². The van der Waals surface area contributed by atoms with Crippen LogP contribution in [0.2, 0.25) is 0 Å². The Bertz CT molecular complexity index is 896. The quantitative estimate of drug-likeness (QED) is 0.776. The summed E-state index contributed by atoms with van der Waals surface area (Å²) in [5, 5.41) is 0. The molecule has 0 N–H and O–H groups in total. The molecule has 7 heteroatoms. The van der Waals surface area contributed by atoms with Crippen molar-refractivity contribution in [2.75, 3.05) is 19.8 Å². The standard InChI is InChI=1S/C20H24FNO4S/c1-4-25-15-9-11-16(12-10-15)27(23,24)22-13-19(26-14-20(22,2)3)17-7-5-6-8-18(17)21/h5-12,19H,4,13-14H2,1-3H3. The van der Waals surface area contributed by atoms with Crippen LogP contribution in [0.4, 0.5) is 4.39 Å². The van der Waals surface area contributed by atoms with Crippen molar-refractivity contribution in [3.8, 4) is 5.75 Å². The molecule has 27 heavy (non-hydrogen) atoms. The van der Waals surface area contributed by atoms with Crippen LogP contribution in [0.1, 0.15) is 32.4 Å². The molecule has 1 heterocycles. The van der Waals surface area contributed by atoms with E-state index in [1.54, 1.807) is 44.2 Å². The molecule has 0 radical (unpaired) electrons. The summed E-state index contributed by atoms with van der Waals surface area (Å²) in [5.74, 6) is 0.211. The monoisotopic (exact) mass is 393 g/mol. The van der Waals surface area contributed by atoms with Gasteiger partial charge in [-0.3, -0.25) is 0 Å². The van der Waals surface area contributed by atoms with Gasteiger partial charge >= 0.3 is 0 Å². The third kappa shape index (κ3) is 4.00. The van der Waals surface area contributed by atoms with Crippen LogP contribution in [0, 0.1) is 5.82 Å². The Morgan fingerprint density at radius 3 is 2.48 bits per heavy atom. The molecule has 1 aliphatic rings. The first kappa shape index (κ1) is 19.8. The molecule has 0 aromatic heterocycles. The highest BCUT2D eigenvalue weighted by Gasteiger charge is 2.43. The van der Waals surface area contributed by atoms with Gasteiger partial charge in [-0.15, -0.1) is 0 Å². The van der Waals surface area contributed by atoms with Gasteiger partial charge in [0.25, 0.3) is 0 Å². The number of rotatable bonds is 5. The topological polar surface area (TPSA) is 55.8 Å². The SMILES string of the molecule is CCOc1ccc(S(=O)(=O)N2CC(c3ccccc3F)OCC2(C)C)cc1. The number of hydrogen-bond acceptors (Lipinski definition) is 4. The van der Waals surface area contributed by atoms with E-state index in [1.807, 2.05) is 6.92 Å². The van der Waals surface area contributed by atoms with E-state index in [0.717, 1.165) is 0 Å². The molecule has 146 valence electrons. The summed E-state index contributed by atoms with van der Waals surface area (Å²) < 4.78 is 53.3. The van der Waals surface area contributed by atoms with Crippen LogP contribution in [0.15, 0.2) is 53.4 Å². The Morgan fingerprint density at radius 1 is 1.19 bits per heavy atom. The van der Waals surface area contributed by atoms with Gasteiger partial charge in [-0.05, 0) is 51.1 Å². The van der Waals surface area contributed by atoms with Crippen LogP contribution in [-0.2, 0) is 14.8 Å². The second kappa shape index (κ2) is 7.58. The number of halogens is 1. The first-order valence-corrected chi connectivity index (χ1v) is 10.3. The van der Waals surface area contributed by atoms with E-state index in [4.69, 9.17) is 9.47 Å². The normalized spacial score (nSPS) is 20.4. The molecular formula is C20H24FNO4S. The van der Waals surface area contributed by atoms with Gasteiger partial charge in [0, 0.05) is 12.1 Å². The van der Waals surface area contributed by atoms with Crippen molar-refractivity contribution in [1.82, 2.24) is 4.31 Å². The minimum Gasteiger partial charge on any atom is -0.494 e. The minimum absolute atomic E-state index is 0.0451. The lowest BCUT2D eigenvalue weighted by atomic mass is 10.0. The maximum Gasteiger partial charge on any atom is 0.243 e. The summed E-state index contributed by atoms with van der Waals surface area (Å²) in [4.78, 5) is 0.174. The lowest BCUT2D eigenvalue weighted by Gasteiger charge is -2.44. The zero-order valence-electron chi connectivity index (χ0n) is 15.7. The van der Waals surface area contributed by atoms with Gasteiger partial charge < -0.3 is 9.47 Å². The summed E-state index contributed by atoms with van der Waals surface area (Å²) >= 11 is 0. The Labute approximate surface area is 159 Å². The van der Waals surface area contributed by atoms with Crippen molar-refractivity contribution in [1.29, 1.82) is 0 Å². The lowest BCUT2D eigenvalue weighted by molar-refractivity contribution is -0.0667. The Hall–Kier alpha value is -1.96. The van der Waals surface area contributed by atoms with Crippen molar-refractivity contribution in [3.63, 3.8) is 0 Å². The van der Waals surface area contributed by atoms with Crippen molar-refractivity contribution in [2.24, 2.45) is 0 Å². The zero-order valence-corrected chi connectivity index (χ0v) is 16.5. The van der Waals surface area contributed by atoms with E-state index in [-0.39, 0.29) is 18.0 Å². The number of morpholine rings is 1. The first-order chi connectivity index (χ1) is 12.8. The third-order valence-electron chi connectivity index (χ3n) is 4.62. The van der Waals surface area contributed by atoms with Crippen LogP contribution in [0.25, 0.3) is 0 Å². The maximum atomic E-state index is 14.2. The predicted octanol–water partition coefficient (Wildman–Crippen LogP) is 3.77. The van der Waals surface area contributed by atoms with E-state index >= 15 is 0 Å².